The van der Waals surface area contributed by atoms with Crippen molar-refractivity contribution in [2.75, 3.05) is 26.2 Å². The molecule has 0 spiro atoms. The number of rotatable bonds is 5. The normalized spacial score (nSPS) is 17.1. The van der Waals surface area contributed by atoms with E-state index in [-0.39, 0.29) is 5.91 Å². The lowest BCUT2D eigenvalue weighted by molar-refractivity contribution is -0.133. The van der Waals surface area contributed by atoms with Gasteiger partial charge < -0.3 is 4.90 Å². The Morgan fingerprint density at radius 1 is 1.25 bits per heavy atom. The number of carbonyl (C=O) groups excluding carboxylic acids is 1. The van der Waals surface area contributed by atoms with Gasteiger partial charge in [-0.3, -0.25) is 9.69 Å². The fourth-order valence-corrected chi connectivity index (χ4v) is 2.69. The van der Waals surface area contributed by atoms with E-state index in [1.54, 1.807) is 0 Å². The average Bonchev–Trinajstić information content (AvgIpc) is 2.48. The van der Waals surface area contributed by atoms with Crippen molar-refractivity contribution in [1.82, 2.24) is 9.80 Å². The molecule has 0 aromatic heterocycles. The van der Waals surface area contributed by atoms with Crippen molar-refractivity contribution < 1.29 is 4.79 Å². The van der Waals surface area contributed by atoms with Gasteiger partial charge in [0.2, 0.25) is 5.91 Å². The first-order chi connectivity index (χ1) is 9.69. The van der Waals surface area contributed by atoms with Crippen LogP contribution < -0.4 is 0 Å². The first-order valence-corrected chi connectivity index (χ1v) is 7.73. The first-order valence-electron chi connectivity index (χ1n) is 7.73. The van der Waals surface area contributed by atoms with E-state index >= 15 is 0 Å². The van der Waals surface area contributed by atoms with Gasteiger partial charge in [0.15, 0.2) is 0 Å². The lowest BCUT2D eigenvalue weighted by Gasteiger charge is -2.31. The molecular weight excluding hydrogens is 248 g/mol. The molecule has 1 aliphatic heterocycles. The van der Waals surface area contributed by atoms with Gasteiger partial charge in [-0.15, -0.1) is 0 Å². The van der Waals surface area contributed by atoms with Crippen molar-refractivity contribution in [3.8, 4) is 0 Å². The second-order valence-corrected chi connectivity index (χ2v) is 5.85. The highest BCUT2D eigenvalue weighted by molar-refractivity contribution is 5.78. The number of benzene rings is 1. The van der Waals surface area contributed by atoms with Gasteiger partial charge in [0, 0.05) is 13.1 Å². The van der Waals surface area contributed by atoms with Gasteiger partial charge >= 0.3 is 0 Å². The Balaban J connectivity index is 1.86. The number of nitrogens with zero attached hydrogens (tertiary/aromatic N) is 2. The minimum Gasteiger partial charge on any atom is -0.338 e. The van der Waals surface area contributed by atoms with Gasteiger partial charge in [-0.25, -0.2) is 0 Å². The van der Waals surface area contributed by atoms with E-state index in [4.69, 9.17) is 0 Å². The molecule has 1 heterocycles. The molecule has 0 atom stereocenters. The summed E-state index contributed by atoms with van der Waals surface area (Å²) in [7, 11) is 0. The summed E-state index contributed by atoms with van der Waals surface area (Å²) < 4.78 is 0. The summed E-state index contributed by atoms with van der Waals surface area (Å²) >= 11 is 0. The Bertz CT molecular complexity index is 410. The van der Waals surface area contributed by atoms with Crippen LogP contribution in [0.15, 0.2) is 30.3 Å². The quantitative estimate of drug-likeness (QED) is 0.824. The van der Waals surface area contributed by atoms with Crippen molar-refractivity contribution in [2.24, 2.45) is 5.92 Å². The van der Waals surface area contributed by atoms with Crippen LogP contribution in [0.4, 0.5) is 0 Å². The third kappa shape index (κ3) is 4.34. The molecule has 1 fully saturated rings. The molecule has 0 saturated carbocycles. The monoisotopic (exact) mass is 274 g/mol. The zero-order valence-electron chi connectivity index (χ0n) is 12.7. The van der Waals surface area contributed by atoms with Crippen LogP contribution in [0.2, 0.25) is 0 Å². The number of amides is 1. The van der Waals surface area contributed by atoms with E-state index in [2.05, 4.69) is 30.9 Å². The van der Waals surface area contributed by atoms with E-state index in [1.165, 1.54) is 18.4 Å². The van der Waals surface area contributed by atoms with Crippen molar-refractivity contribution in [3.05, 3.63) is 35.9 Å². The summed E-state index contributed by atoms with van der Waals surface area (Å²) in [5.41, 5.74) is 1.20. The summed E-state index contributed by atoms with van der Waals surface area (Å²) in [6.07, 6.45) is 2.44. The zero-order chi connectivity index (χ0) is 14.4. The van der Waals surface area contributed by atoms with E-state index in [1.807, 2.05) is 23.1 Å². The highest BCUT2D eigenvalue weighted by Gasteiger charge is 2.20. The van der Waals surface area contributed by atoms with Gasteiger partial charge in [-0.05, 0) is 44.3 Å². The fraction of sp³-hybridized carbons (Fsp3) is 0.588. The number of piperidine rings is 1. The number of likely N-dealkylation sites (N-methyl/N-ethyl adjacent to an activating group) is 1. The highest BCUT2D eigenvalue weighted by Crippen LogP contribution is 2.16. The van der Waals surface area contributed by atoms with Crippen molar-refractivity contribution in [3.63, 3.8) is 0 Å². The van der Waals surface area contributed by atoms with E-state index in [0.717, 1.165) is 32.1 Å². The molecule has 0 radical (unpaired) electrons. The zero-order valence-corrected chi connectivity index (χ0v) is 12.7. The van der Waals surface area contributed by atoms with Crippen LogP contribution in [0.5, 0.6) is 0 Å². The molecule has 1 amide bonds. The second kappa shape index (κ2) is 7.44. The smallest absolute Gasteiger partial charge is 0.237 e. The molecule has 20 heavy (non-hydrogen) atoms. The van der Waals surface area contributed by atoms with Gasteiger partial charge in [-0.1, -0.05) is 37.3 Å². The minimum absolute atomic E-state index is 0.255. The Morgan fingerprint density at radius 2 is 1.90 bits per heavy atom. The molecule has 3 heteroatoms. The number of hydrogen-bond donors (Lipinski definition) is 0. The van der Waals surface area contributed by atoms with Crippen LogP contribution >= 0.6 is 0 Å². The van der Waals surface area contributed by atoms with Gasteiger partial charge in [0.25, 0.3) is 0 Å². The molecule has 0 unspecified atom stereocenters. The molecule has 0 bridgehead atoms. The minimum atomic E-state index is 0.255. The maximum Gasteiger partial charge on any atom is 0.237 e. The van der Waals surface area contributed by atoms with Crippen LogP contribution in [0, 0.1) is 5.92 Å². The Morgan fingerprint density at radius 3 is 2.50 bits per heavy atom. The standard InChI is InChI=1S/C17H26N2O/c1-3-19(13-16-7-5-4-6-8-16)17(20)14-18-11-9-15(2)10-12-18/h4-8,15H,3,9-14H2,1-2H3. The van der Waals surface area contributed by atoms with E-state index in [9.17, 15) is 4.79 Å². The predicted octanol–water partition coefficient (Wildman–Crippen LogP) is 2.77. The molecule has 0 N–H and O–H groups in total. The Kier molecular flexibility index (Phi) is 5.60. The molecule has 1 saturated heterocycles. The number of likely N-dealkylation sites (tertiary alicyclic amines) is 1. The summed E-state index contributed by atoms with van der Waals surface area (Å²) in [4.78, 5) is 16.7. The van der Waals surface area contributed by atoms with Crippen LogP contribution in [0.25, 0.3) is 0 Å². The van der Waals surface area contributed by atoms with Gasteiger partial charge in [-0.2, -0.15) is 0 Å². The van der Waals surface area contributed by atoms with Crippen molar-refractivity contribution in [2.45, 2.75) is 33.2 Å². The number of carbonyl (C=O) groups is 1. The van der Waals surface area contributed by atoms with Crippen molar-refractivity contribution in [1.29, 1.82) is 0 Å². The molecular formula is C17H26N2O. The molecule has 1 aromatic rings. The van der Waals surface area contributed by atoms with Crippen LogP contribution in [0.3, 0.4) is 0 Å². The average molecular weight is 274 g/mol. The van der Waals surface area contributed by atoms with Crippen LogP contribution in [0.1, 0.15) is 32.3 Å². The van der Waals surface area contributed by atoms with Crippen LogP contribution in [-0.2, 0) is 11.3 Å². The topological polar surface area (TPSA) is 23.6 Å². The fourth-order valence-electron chi connectivity index (χ4n) is 2.69. The lowest BCUT2D eigenvalue weighted by atomic mass is 9.99. The van der Waals surface area contributed by atoms with Crippen LogP contribution in [-0.4, -0.2) is 41.9 Å². The largest absolute Gasteiger partial charge is 0.338 e. The summed E-state index contributed by atoms with van der Waals surface area (Å²) in [5.74, 6) is 1.07. The predicted molar refractivity (Wildman–Crippen MR) is 82.4 cm³/mol. The van der Waals surface area contributed by atoms with Gasteiger partial charge in [0.1, 0.15) is 0 Å². The third-order valence-electron chi connectivity index (χ3n) is 4.19. The highest BCUT2D eigenvalue weighted by atomic mass is 16.2. The first kappa shape index (κ1) is 15.0. The van der Waals surface area contributed by atoms with Crippen molar-refractivity contribution >= 4 is 5.91 Å². The molecule has 110 valence electrons. The lowest BCUT2D eigenvalue weighted by Crippen LogP contribution is -2.42. The molecule has 2 rings (SSSR count). The summed E-state index contributed by atoms with van der Waals surface area (Å²) in [6.45, 7) is 8.56. The SMILES string of the molecule is CCN(Cc1ccccc1)C(=O)CN1CCC(C)CC1. The maximum absolute atomic E-state index is 12.4. The molecule has 1 aromatic carbocycles. The second-order valence-electron chi connectivity index (χ2n) is 5.85. The molecule has 1 aliphatic rings. The number of hydrogen-bond acceptors (Lipinski definition) is 2. The molecule has 0 aliphatic carbocycles. The Labute approximate surface area is 122 Å². The van der Waals surface area contributed by atoms with Gasteiger partial charge in [0.05, 0.1) is 6.54 Å². The Hall–Kier alpha value is -1.35. The maximum atomic E-state index is 12.4. The van der Waals surface area contributed by atoms with E-state index < -0.39 is 0 Å². The summed E-state index contributed by atoms with van der Waals surface area (Å²) in [5, 5.41) is 0. The summed E-state index contributed by atoms with van der Waals surface area (Å²) in [6, 6.07) is 10.2. The third-order valence-corrected chi connectivity index (χ3v) is 4.19. The van der Waals surface area contributed by atoms with E-state index in [0.29, 0.717) is 6.54 Å². The molecule has 3 nitrogen and oxygen atoms in total.